The normalized spacial score (nSPS) is 15.2. The van der Waals surface area contributed by atoms with E-state index in [1.165, 1.54) is 9.47 Å². The maximum absolute atomic E-state index is 10.3. The highest BCUT2D eigenvalue weighted by Crippen LogP contribution is 1.99. The molecule has 7 heteroatoms. The smallest absolute Gasteiger partial charge is 0.340 e. The van der Waals surface area contributed by atoms with E-state index in [1.807, 2.05) is 0 Å². The molecule has 0 spiro atoms. The first-order valence-corrected chi connectivity index (χ1v) is 2.97. The van der Waals surface area contributed by atoms with Crippen LogP contribution in [0.15, 0.2) is 0 Å². The van der Waals surface area contributed by atoms with Gasteiger partial charge in [0.15, 0.2) is 12.2 Å². The number of carbonyl (C=O) groups excluding carboxylic acids is 1. The minimum atomic E-state index is -2.15. The molecule has 0 fully saturated rings. The second-order valence-electron chi connectivity index (χ2n) is 1.66. The Morgan fingerprint density at radius 3 is 2.00 bits per heavy atom. The quantitative estimate of drug-likeness (QED) is 0.441. The van der Waals surface area contributed by atoms with Crippen molar-refractivity contribution in [3.8, 4) is 0 Å². The van der Waals surface area contributed by atoms with Crippen LogP contribution in [0.5, 0.6) is 0 Å². The Balaban J connectivity index is 4.12. The topological polar surface area (TPSA) is 104 Å². The largest absolute Gasteiger partial charge is 0.479 e. The molecule has 11 heavy (non-hydrogen) atoms. The number of aliphatic hydroxyl groups excluding tert-OH is 2. The van der Waals surface area contributed by atoms with Gasteiger partial charge in [-0.05, 0) is 0 Å². The zero-order valence-electron chi connectivity index (χ0n) is 5.30. The Bertz CT molecular complexity index is 168. The summed E-state index contributed by atoms with van der Waals surface area (Å²) in [6, 6.07) is 0. The number of aliphatic hydroxyl groups is 2. The SMILES string of the molecule is O=C(O)[C@H](O)[C@@H](O)C(=O)OP. The zero-order chi connectivity index (χ0) is 9.02. The van der Waals surface area contributed by atoms with Gasteiger partial charge in [0.25, 0.3) is 0 Å². The Labute approximate surface area is 64.1 Å². The monoisotopic (exact) mass is 182 g/mol. The van der Waals surface area contributed by atoms with Crippen LogP contribution >= 0.6 is 9.47 Å². The van der Waals surface area contributed by atoms with Gasteiger partial charge in [-0.3, -0.25) is 0 Å². The molecule has 3 atom stereocenters. The predicted octanol–water partition coefficient (Wildman–Crippen LogP) is -1.87. The van der Waals surface area contributed by atoms with Gasteiger partial charge in [0.2, 0.25) is 0 Å². The van der Waals surface area contributed by atoms with Crippen LogP contribution in [0.3, 0.4) is 0 Å². The van der Waals surface area contributed by atoms with Crippen molar-refractivity contribution < 1.29 is 29.4 Å². The van der Waals surface area contributed by atoms with Crippen LogP contribution in [0.25, 0.3) is 0 Å². The van der Waals surface area contributed by atoms with Gasteiger partial charge < -0.3 is 19.8 Å². The van der Waals surface area contributed by atoms with Crippen molar-refractivity contribution in [2.24, 2.45) is 0 Å². The Morgan fingerprint density at radius 1 is 1.27 bits per heavy atom. The summed E-state index contributed by atoms with van der Waals surface area (Å²) < 4.78 is 3.89. The van der Waals surface area contributed by atoms with Crippen molar-refractivity contribution in [3.63, 3.8) is 0 Å². The molecule has 0 heterocycles. The molecule has 64 valence electrons. The lowest BCUT2D eigenvalue weighted by atomic mass is 10.2. The van der Waals surface area contributed by atoms with Gasteiger partial charge in [-0.2, -0.15) is 0 Å². The first-order valence-electron chi connectivity index (χ1n) is 2.50. The standard InChI is InChI=1S/C4H7O6P/c5-1(3(7)8)2(6)4(9)10-11/h1-2,5-6H,11H2,(H,7,8)/t1-,2-/m1/s1. The van der Waals surface area contributed by atoms with Crippen molar-refractivity contribution in [2.75, 3.05) is 0 Å². The molecule has 0 aliphatic heterocycles. The second-order valence-corrected chi connectivity index (χ2v) is 1.90. The highest BCUT2D eigenvalue weighted by Gasteiger charge is 2.30. The molecule has 0 aliphatic carbocycles. The van der Waals surface area contributed by atoms with Gasteiger partial charge in [0.1, 0.15) is 0 Å². The molecule has 0 radical (unpaired) electrons. The van der Waals surface area contributed by atoms with Crippen molar-refractivity contribution in [1.82, 2.24) is 0 Å². The zero-order valence-corrected chi connectivity index (χ0v) is 6.45. The van der Waals surface area contributed by atoms with E-state index in [2.05, 4.69) is 4.52 Å². The summed E-state index contributed by atoms with van der Waals surface area (Å²) in [5.74, 6) is -2.90. The average molecular weight is 182 g/mol. The summed E-state index contributed by atoms with van der Waals surface area (Å²) in [5, 5.41) is 25.2. The van der Waals surface area contributed by atoms with E-state index in [0.717, 1.165) is 0 Å². The number of aliphatic carboxylic acids is 1. The molecule has 6 nitrogen and oxygen atoms in total. The highest BCUT2D eigenvalue weighted by molar-refractivity contribution is 7.10. The molecular formula is C4H7O6P. The predicted molar refractivity (Wildman–Crippen MR) is 35.5 cm³/mol. The molecule has 0 aromatic rings. The fourth-order valence-electron chi connectivity index (χ4n) is 0.334. The summed E-state index contributed by atoms with van der Waals surface area (Å²) in [5.41, 5.74) is 0. The van der Waals surface area contributed by atoms with Crippen LogP contribution in [0.2, 0.25) is 0 Å². The molecule has 1 unspecified atom stereocenters. The van der Waals surface area contributed by atoms with E-state index >= 15 is 0 Å². The van der Waals surface area contributed by atoms with Crippen molar-refractivity contribution in [1.29, 1.82) is 0 Å². The number of carboxylic acids is 1. The Morgan fingerprint density at radius 2 is 1.73 bits per heavy atom. The molecule has 0 rings (SSSR count). The maximum atomic E-state index is 10.3. The number of carbonyl (C=O) groups is 2. The van der Waals surface area contributed by atoms with Gasteiger partial charge in [0.05, 0.1) is 9.47 Å². The van der Waals surface area contributed by atoms with E-state index in [1.54, 1.807) is 0 Å². The fourth-order valence-corrected chi connectivity index (χ4v) is 0.473. The minimum Gasteiger partial charge on any atom is -0.479 e. The van der Waals surface area contributed by atoms with Gasteiger partial charge >= 0.3 is 11.9 Å². The first-order chi connectivity index (χ1) is 5.00. The summed E-state index contributed by atoms with van der Waals surface area (Å²) in [6.07, 6.45) is -4.20. The van der Waals surface area contributed by atoms with Gasteiger partial charge in [-0.1, -0.05) is 0 Å². The van der Waals surface area contributed by atoms with Crippen molar-refractivity contribution >= 4 is 21.4 Å². The molecule has 0 amide bonds. The van der Waals surface area contributed by atoms with E-state index in [4.69, 9.17) is 15.3 Å². The summed E-state index contributed by atoms with van der Waals surface area (Å²) in [4.78, 5) is 20.3. The summed E-state index contributed by atoms with van der Waals surface area (Å²) in [7, 11) is 1.53. The molecule has 0 bridgehead atoms. The lowest BCUT2D eigenvalue weighted by Crippen LogP contribution is -2.39. The van der Waals surface area contributed by atoms with E-state index in [0.29, 0.717) is 0 Å². The minimum absolute atomic E-state index is 1.22. The third kappa shape index (κ3) is 2.80. The van der Waals surface area contributed by atoms with Crippen LogP contribution in [0.1, 0.15) is 0 Å². The van der Waals surface area contributed by atoms with Crippen molar-refractivity contribution in [2.45, 2.75) is 12.2 Å². The fraction of sp³-hybridized carbons (Fsp3) is 0.500. The third-order valence-corrected chi connectivity index (χ3v) is 1.14. The molecular weight excluding hydrogens is 175 g/mol. The van der Waals surface area contributed by atoms with Crippen LogP contribution in [0, 0.1) is 0 Å². The maximum Gasteiger partial charge on any atom is 0.340 e. The number of rotatable bonds is 3. The van der Waals surface area contributed by atoms with E-state index in [9.17, 15) is 9.59 Å². The average Bonchev–Trinajstić information content (AvgIpc) is 2.00. The molecule has 0 aromatic heterocycles. The van der Waals surface area contributed by atoms with E-state index in [-0.39, 0.29) is 0 Å². The molecule has 3 N–H and O–H groups in total. The Kier molecular flexibility index (Phi) is 3.95. The number of hydrogen-bond acceptors (Lipinski definition) is 5. The molecule has 0 saturated heterocycles. The van der Waals surface area contributed by atoms with Gasteiger partial charge in [-0.15, -0.1) is 0 Å². The summed E-state index contributed by atoms with van der Waals surface area (Å²) >= 11 is 0. The number of carboxylic acid groups (broad SMARTS) is 1. The Hall–Kier alpha value is -0.710. The highest BCUT2D eigenvalue weighted by atomic mass is 31.0. The van der Waals surface area contributed by atoms with Crippen LogP contribution < -0.4 is 0 Å². The molecule has 0 saturated carbocycles. The van der Waals surface area contributed by atoms with Crippen molar-refractivity contribution in [3.05, 3.63) is 0 Å². The second kappa shape index (κ2) is 4.23. The van der Waals surface area contributed by atoms with Gasteiger partial charge in [-0.25, -0.2) is 9.59 Å². The van der Waals surface area contributed by atoms with Gasteiger partial charge in [0, 0.05) is 0 Å². The number of hydrogen-bond donors (Lipinski definition) is 3. The lowest BCUT2D eigenvalue weighted by Gasteiger charge is -2.10. The molecule has 0 aliphatic rings. The molecule has 0 aromatic carbocycles. The third-order valence-electron chi connectivity index (χ3n) is 0.910. The lowest BCUT2D eigenvalue weighted by molar-refractivity contribution is -0.163. The van der Waals surface area contributed by atoms with Crippen LogP contribution in [-0.2, 0) is 14.1 Å². The van der Waals surface area contributed by atoms with E-state index < -0.39 is 24.1 Å². The van der Waals surface area contributed by atoms with Crippen LogP contribution in [0.4, 0.5) is 0 Å². The summed E-state index contributed by atoms with van der Waals surface area (Å²) in [6.45, 7) is 0. The first kappa shape index (κ1) is 10.3. The van der Waals surface area contributed by atoms with Crippen LogP contribution in [-0.4, -0.2) is 39.5 Å².